The van der Waals surface area contributed by atoms with Crippen LogP contribution in [0.2, 0.25) is 0 Å². The van der Waals surface area contributed by atoms with Crippen molar-refractivity contribution in [3.63, 3.8) is 0 Å². The molecule has 0 saturated carbocycles. The number of primary amides is 1. The molecule has 148 valence electrons. The van der Waals surface area contributed by atoms with E-state index in [1.54, 1.807) is 0 Å². The van der Waals surface area contributed by atoms with Gasteiger partial charge in [-0.05, 0) is 30.2 Å². The van der Waals surface area contributed by atoms with Crippen LogP contribution in [-0.2, 0) is 27.2 Å². The molecular formula is C21H24FN3O3. The Balaban J connectivity index is 2.12. The maximum Gasteiger partial charge on any atom is 0.243 e. The van der Waals surface area contributed by atoms with Crippen LogP contribution in [0.3, 0.4) is 0 Å². The topological polar surface area (TPSA) is 101 Å². The second-order valence-corrected chi connectivity index (χ2v) is 6.74. The van der Waals surface area contributed by atoms with E-state index in [1.165, 1.54) is 31.2 Å². The molecule has 7 heteroatoms. The van der Waals surface area contributed by atoms with Crippen LogP contribution in [0.1, 0.15) is 23.6 Å². The zero-order valence-corrected chi connectivity index (χ0v) is 15.9. The molecule has 0 bridgehead atoms. The summed E-state index contributed by atoms with van der Waals surface area (Å²) in [4.78, 5) is 36.1. The number of aryl methyl sites for hydroxylation is 1. The molecular weight excluding hydrogens is 361 g/mol. The molecule has 0 aliphatic heterocycles. The maximum atomic E-state index is 13.1. The number of halogens is 1. The Morgan fingerprint density at radius 2 is 1.61 bits per heavy atom. The fraction of sp³-hybridized carbons (Fsp3) is 0.286. The van der Waals surface area contributed by atoms with E-state index in [-0.39, 0.29) is 12.8 Å². The lowest BCUT2D eigenvalue weighted by atomic mass is 10.0. The third-order valence-corrected chi connectivity index (χ3v) is 4.23. The zero-order valence-electron chi connectivity index (χ0n) is 15.9. The van der Waals surface area contributed by atoms with Crippen molar-refractivity contribution in [2.75, 3.05) is 0 Å². The van der Waals surface area contributed by atoms with Crippen molar-refractivity contribution in [3.05, 3.63) is 71.0 Å². The summed E-state index contributed by atoms with van der Waals surface area (Å²) in [5.74, 6) is -1.98. The van der Waals surface area contributed by atoms with E-state index in [4.69, 9.17) is 5.73 Å². The van der Waals surface area contributed by atoms with E-state index in [0.29, 0.717) is 5.56 Å². The van der Waals surface area contributed by atoms with E-state index in [2.05, 4.69) is 10.6 Å². The average Bonchev–Trinajstić information content (AvgIpc) is 2.62. The number of nitrogens with two attached hydrogens (primary N) is 1. The molecule has 3 amide bonds. The second-order valence-electron chi connectivity index (χ2n) is 6.74. The standard InChI is InChI=1S/C21H24FN3O3/c1-13-4-3-5-16(10-13)12-18(20(23)27)25-21(28)19(24-14(2)26)11-15-6-8-17(22)9-7-15/h3-10,18-19H,11-12H2,1-2H3,(H2,23,27)(H,24,26)(H,25,28)/t18-,19-/m1/s1. The molecule has 4 N–H and O–H groups in total. The fourth-order valence-corrected chi connectivity index (χ4v) is 2.88. The molecule has 6 nitrogen and oxygen atoms in total. The predicted molar refractivity (Wildman–Crippen MR) is 104 cm³/mol. The first-order valence-corrected chi connectivity index (χ1v) is 8.91. The molecule has 0 radical (unpaired) electrons. The molecule has 0 saturated heterocycles. The number of amides is 3. The van der Waals surface area contributed by atoms with E-state index in [9.17, 15) is 18.8 Å². The summed E-state index contributed by atoms with van der Waals surface area (Å²) in [6, 6.07) is 11.3. The van der Waals surface area contributed by atoms with E-state index in [0.717, 1.165) is 11.1 Å². The lowest BCUT2D eigenvalue weighted by molar-refractivity contribution is -0.130. The van der Waals surface area contributed by atoms with Gasteiger partial charge in [-0.2, -0.15) is 0 Å². The third-order valence-electron chi connectivity index (χ3n) is 4.23. The van der Waals surface area contributed by atoms with Crippen LogP contribution in [0.5, 0.6) is 0 Å². The van der Waals surface area contributed by atoms with Gasteiger partial charge in [0.05, 0.1) is 0 Å². The van der Waals surface area contributed by atoms with E-state index >= 15 is 0 Å². The number of carbonyl (C=O) groups is 3. The smallest absolute Gasteiger partial charge is 0.243 e. The molecule has 2 atom stereocenters. The summed E-state index contributed by atoms with van der Waals surface area (Å²) in [5, 5.41) is 5.18. The van der Waals surface area contributed by atoms with Gasteiger partial charge in [0.15, 0.2) is 0 Å². The largest absolute Gasteiger partial charge is 0.368 e. The van der Waals surface area contributed by atoms with Crippen LogP contribution in [0.4, 0.5) is 4.39 Å². The van der Waals surface area contributed by atoms with Gasteiger partial charge in [-0.3, -0.25) is 14.4 Å². The Morgan fingerprint density at radius 3 is 2.18 bits per heavy atom. The SMILES string of the molecule is CC(=O)N[C@H](Cc1ccc(F)cc1)C(=O)N[C@H](Cc1cccc(C)c1)C(N)=O. The van der Waals surface area contributed by atoms with E-state index in [1.807, 2.05) is 31.2 Å². The molecule has 0 heterocycles. The minimum absolute atomic E-state index is 0.154. The first-order valence-electron chi connectivity index (χ1n) is 8.91. The van der Waals surface area contributed by atoms with Crippen LogP contribution < -0.4 is 16.4 Å². The van der Waals surface area contributed by atoms with Crippen molar-refractivity contribution >= 4 is 17.7 Å². The summed E-state index contributed by atoms with van der Waals surface area (Å²) in [7, 11) is 0. The zero-order chi connectivity index (χ0) is 20.7. The summed E-state index contributed by atoms with van der Waals surface area (Å²) >= 11 is 0. The Morgan fingerprint density at radius 1 is 0.964 bits per heavy atom. The number of rotatable bonds is 8. The second kappa shape index (κ2) is 9.64. The van der Waals surface area contributed by atoms with Crippen molar-refractivity contribution in [3.8, 4) is 0 Å². The Kier molecular flexibility index (Phi) is 7.26. The first kappa shape index (κ1) is 21.1. The van der Waals surface area contributed by atoms with Crippen LogP contribution in [-0.4, -0.2) is 29.8 Å². The van der Waals surface area contributed by atoms with Crippen molar-refractivity contribution in [2.24, 2.45) is 5.73 Å². The lowest BCUT2D eigenvalue weighted by Gasteiger charge is -2.22. The van der Waals surface area contributed by atoms with Crippen molar-refractivity contribution in [1.82, 2.24) is 10.6 Å². The highest BCUT2D eigenvalue weighted by atomic mass is 19.1. The Hall–Kier alpha value is -3.22. The first-order chi connectivity index (χ1) is 13.2. The molecule has 2 aromatic rings. The van der Waals surface area contributed by atoms with Gasteiger partial charge in [0.2, 0.25) is 17.7 Å². The summed E-state index contributed by atoms with van der Waals surface area (Å²) in [5.41, 5.74) is 8.02. The molecule has 0 fully saturated rings. The molecule has 2 aromatic carbocycles. The monoisotopic (exact) mass is 385 g/mol. The summed E-state index contributed by atoms with van der Waals surface area (Å²) < 4.78 is 13.1. The molecule has 2 rings (SSSR count). The summed E-state index contributed by atoms with van der Waals surface area (Å²) in [6.45, 7) is 3.22. The van der Waals surface area contributed by atoms with Crippen molar-refractivity contribution < 1.29 is 18.8 Å². The quantitative estimate of drug-likeness (QED) is 0.640. The average molecular weight is 385 g/mol. The number of benzene rings is 2. The van der Waals surface area contributed by atoms with Crippen LogP contribution >= 0.6 is 0 Å². The molecule has 0 aliphatic carbocycles. The van der Waals surface area contributed by atoms with Crippen LogP contribution in [0.15, 0.2) is 48.5 Å². The molecule has 0 aliphatic rings. The van der Waals surface area contributed by atoms with Crippen LogP contribution in [0.25, 0.3) is 0 Å². The van der Waals surface area contributed by atoms with Gasteiger partial charge in [-0.1, -0.05) is 42.0 Å². The highest BCUT2D eigenvalue weighted by Crippen LogP contribution is 2.09. The Bertz CT molecular complexity index is 852. The van der Waals surface area contributed by atoms with Crippen LogP contribution in [0, 0.1) is 12.7 Å². The minimum Gasteiger partial charge on any atom is -0.368 e. The summed E-state index contributed by atoms with van der Waals surface area (Å²) in [6.07, 6.45) is 0.397. The molecule has 0 aromatic heterocycles. The normalized spacial score (nSPS) is 12.7. The van der Waals surface area contributed by atoms with Crippen molar-refractivity contribution in [1.29, 1.82) is 0 Å². The molecule has 0 spiro atoms. The van der Waals surface area contributed by atoms with Gasteiger partial charge < -0.3 is 16.4 Å². The fourth-order valence-electron chi connectivity index (χ4n) is 2.88. The maximum absolute atomic E-state index is 13.1. The number of hydrogen-bond acceptors (Lipinski definition) is 3. The highest BCUT2D eigenvalue weighted by molar-refractivity contribution is 5.91. The lowest BCUT2D eigenvalue weighted by Crippen LogP contribution is -2.54. The van der Waals surface area contributed by atoms with Crippen molar-refractivity contribution in [2.45, 2.75) is 38.8 Å². The van der Waals surface area contributed by atoms with E-state index < -0.39 is 35.6 Å². The van der Waals surface area contributed by atoms with Gasteiger partial charge in [-0.15, -0.1) is 0 Å². The van der Waals surface area contributed by atoms with Gasteiger partial charge >= 0.3 is 0 Å². The number of hydrogen-bond donors (Lipinski definition) is 3. The van der Waals surface area contributed by atoms with Gasteiger partial charge in [0.1, 0.15) is 17.9 Å². The Labute approximate surface area is 163 Å². The number of carbonyl (C=O) groups excluding carboxylic acids is 3. The van der Waals surface area contributed by atoms with Gasteiger partial charge in [0, 0.05) is 19.8 Å². The van der Waals surface area contributed by atoms with Gasteiger partial charge in [0.25, 0.3) is 0 Å². The van der Waals surface area contributed by atoms with Gasteiger partial charge in [-0.25, -0.2) is 4.39 Å². The third kappa shape index (κ3) is 6.50. The molecule has 0 unspecified atom stereocenters. The predicted octanol–water partition coefficient (Wildman–Crippen LogP) is 1.39. The number of nitrogens with one attached hydrogen (secondary N) is 2. The molecule has 28 heavy (non-hydrogen) atoms. The minimum atomic E-state index is -0.918. The highest BCUT2D eigenvalue weighted by Gasteiger charge is 2.25.